The summed E-state index contributed by atoms with van der Waals surface area (Å²) in [6.45, 7) is 2.49. The topological polar surface area (TPSA) is 46.3 Å². The highest BCUT2D eigenvalue weighted by molar-refractivity contribution is 5.85. The molecule has 1 aromatic carbocycles. The van der Waals surface area contributed by atoms with Crippen molar-refractivity contribution >= 4 is 22.9 Å². The maximum atomic E-state index is 11.7. The monoisotopic (exact) mass is 244 g/mol. The quantitative estimate of drug-likeness (QED) is 0.815. The molecular formula is C14H16N2O2. The molecule has 2 heterocycles. The smallest absolute Gasteiger partial charge is 0.298 e. The molecule has 0 spiro atoms. The molecule has 0 aliphatic carbocycles. The Morgan fingerprint density at radius 1 is 1.39 bits per heavy atom. The fourth-order valence-corrected chi connectivity index (χ4v) is 2.57. The molecule has 94 valence electrons. The average molecular weight is 244 g/mol. The summed E-state index contributed by atoms with van der Waals surface area (Å²) in [5.74, 6) is 0.192. The summed E-state index contributed by atoms with van der Waals surface area (Å²) in [5, 5.41) is 0. The molecule has 4 heteroatoms. The normalized spacial score (nSPS) is 20.3. The van der Waals surface area contributed by atoms with Crippen molar-refractivity contribution in [2.24, 2.45) is 0 Å². The van der Waals surface area contributed by atoms with Crippen LogP contribution < -0.4 is 4.90 Å². The minimum absolute atomic E-state index is 0.0770. The molecule has 18 heavy (non-hydrogen) atoms. The molecular weight excluding hydrogens is 228 g/mol. The van der Waals surface area contributed by atoms with E-state index in [1.807, 2.05) is 29.2 Å². The first-order chi connectivity index (χ1) is 8.75. The summed E-state index contributed by atoms with van der Waals surface area (Å²) in [7, 11) is 0. The zero-order valence-electron chi connectivity index (χ0n) is 10.4. The average Bonchev–Trinajstić information content (AvgIpc) is 2.82. The number of para-hydroxylation sites is 2. The maximum absolute atomic E-state index is 11.7. The lowest BCUT2D eigenvalue weighted by Gasteiger charge is -2.32. The first kappa shape index (κ1) is 11.3. The Morgan fingerprint density at radius 2 is 2.22 bits per heavy atom. The number of rotatable bonds is 2. The number of oxazole rings is 1. The molecule has 0 radical (unpaired) electrons. The molecule has 0 saturated carbocycles. The van der Waals surface area contributed by atoms with Crippen molar-refractivity contribution in [3.63, 3.8) is 0 Å². The molecule has 1 fully saturated rings. The third-order valence-corrected chi connectivity index (χ3v) is 3.50. The summed E-state index contributed by atoms with van der Waals surface area (Å²) in [5.41, 5.74) is 1.63. The van der Waals surface area contributed by atoms with Crippen LogP contribution in [0.2, 0.25) is 0 Å². The minimum atomic E-state index is -0.0770. The summed E-state index contributed by atoms with van der Waals surface area (Å²) < 4.78 is 5.75. The molecule has 1 aliphatic heterocycles. The van der Waals surface area contributed by atoms with E-state index >= 15 is 0 Å². The van der Waals surface area contributed by atoms with Crippen LogP contribution in [0.5, 0.6) is 0 Å². The van der Waals surface area contributed by atoms with E-state index in [9.17, 15) is 4.79 Å². The van der Waals surface area contributed by atoms with Crippen LogP contribution in [0, 0.1) is 0 Å². The van der Waals surface area contributed by atoms with Gasteiger partial charge in [-0.05, 0) is 38.3 Å². The number of carbonyl (C=O) groups excluding carboxylic acids is 1. The van der Waals surface area contributed by atoms with E-state index in [0.717, 1.165) is 36.9 Å². The molecule has 1 atom stereocenters. The molecule has 0 bridgehead atoms. The second-order valence-electron chi connectivity index (χ2n) is 4.78. The van der Waals surface area contributed by atoms with Crippen molar-refractivity contribution in [2.45, 2.75) is 32.2 Å². The van der Waals surface area contributed by atoms with E-state index < -0.39 is 0 Å². The maximum Gasteiger partial charge on any atom is 0.298 e. The molecule has 2 aromatic rings. The summed E-state index contributed by atoms with van der Waals surface area (Å²) in [4.78, 5) is 18.2. The number of piperidine rings is 1. The van der Waals surface area contributed by atoms with Gasteiger partial charge in [-0.3, -0.25) is 4.79 Å². The van der Waals surface area contributed by atoms with Gasteiger partial charge in [0, 0.05) is 6.54 Å². The van der Waals surface area contributed by atoms with Crippen molar-refractivity contribution in [1.29, 1.82) is 0 Å². The Labute approximate surface area is 106 Å². The van der Waals surface area contributed by atoms with Gasteiger partial charge in [-0.25, -0.2) is 0 Å². The second-order valence-corrected chi connectivity index (χ2v) is 4.78. The fourth-order valence-electron chi connectivity index (χ4n) is 2.57. The van der Waals surface area contributed by atoms with Crippen molar-refractivity contribution in [3.05, 3.63) is 24.3 Å². The summed E-state index contributed by atoms with van der Waals surface area (Å²) >= 11 is 0. The third-order valence-electron chi connectivity index (χ3n) is 3.50. The van der Waals surface area contributed by atoms with Crippen molar-refractivity contribution in [1.82, 2.24) is 4.98 Å². The SMILES string of the molecule is CC(=O)C1CCCCN1c1nc2ccccc2o1. The zero-order valence-corrected chi connectivity index (χ0v) is 10.4. The molecule has 0 amide bonds. The third kappa shape index (κ3) is 1.88. The molecule has 1 aliphatic rings. The first-order valence-corrected chi connectivity index (χ1v) is 6.38. The van der Waals surface area contributed by atoms with Gasteiger partial charge < -0.3 is 9.32 Å². The highest BCUT2D eigenvalue weighted by Crippen LogP contribution is 2.27. The number of carbonyl (C=O) groups is 1. The Balaban J connectivity index is 1.98. The van der Waals surface area contributed by atoms with Crippen LogP contribution >= 0.6 is 0 Å². The number of fused-ring (bicyclic) bond motifs is 1. The lowest BCUT2D eigenvalue weighted by Crippen LogP contribution is -2.44. The number of hydrogen-bond donors (Lipinski definition) is 0. The summed E-state index contributed by atoms with van der Waals surface area (Å²) in [6, 6.07) is 8.19. The predicted octanol–water partition coefficient (Wildman–Crippen LogP) is 2.78. The van der Waals surface area contributed by atoms with Gasteiger partial charge in [0.1, 0.15) is 5.52 Å². The minimum Gasteiger partial charge on any atom is -0.423 e. The molecule has 3 rings (SSSR count). The van der Waals surface area contributed by atoms with Gasteiger partial charge in [0.25, 0.3) is 6.01 Å². The van der Waals surface area contributed by atoms with E-state index in [2.05, 4.69) is 4.98 Å². The van der Waals surface area contributed by atoms with E-state index in [1.165, 1.54) is 0 Å². The Bertz CT molecular complexity index is 543. The van der Waals surface area contributed by atoms with E-state index in [-0.39, 0.29) is 11.8 Å². The standard InChI is InChI=1S/C14H16N2O2/c1-10(17)12-7-4-5-9-16(12)14-15-11-6-2-3-8-13(11)18-14/h2-3,6,8,12H,4-5,7,9H2,1H3. The number of nitrogens with zero attached hydrogens (tertiary/aromatic N) is 2. The molecule has 0 N–H and O–H groups in total. The Kier molecular flexibility index (Phi) is 2.78. The van der Waals surface area contributed by atoms with E-state index in [0.29, 0.717) is 6.01 Å². The number of hydrogen-bond acceptors (Lipinski definition) is 4. The Hall–Kier alpha value is -1.84. The number of ketones is 1. The van der Waals surface area contributed by atoms with Crippen molar-refractivity contribution < 1.29 is 9.21 Å². The van der Waals surface area contributed by atoms with Crippen LogP contribution in [0.25, 0.3) is 11.1 Å². The Morgan fingerprint density at radius 3 is 3.00 bits per heavy atom. The highest BCUT2D eigenvalue weighted by Gasteiger charge is 2.29. The number of Topliss-reactive ketones (excluding diaryl/α,β-unsaturated/α-hetero) is 1. The van der Waals surface area contributed by atoms with Crippen molar-refractivity contribution in [2.75, 3.05) is 11.4 Å². The van der Waals surface area contributed by atoms with Crippen LogP contribution in [0.1, 0.15) is 26.2 Å². The second kappa shape index (κ2) is 4.44. The number of aromatic nitrogens is 1. The highest BCUT2D eigenvalue weighted by atomic mass is 16.4. The van der Waals surface area contributed by atoms with Crippen LogP contribution in [0.15, 0.2) is 28.7 Å². The van der Waals surface area contributed by atoms with Gasteiger partial charge >= 0.3 is 0 Å². The van der Waals surface area contributed by atoms with Crippen LogP contribution in [-0.4, -0.2) is 23.4 Å². The van der Waals surface area contributed by atoms with Gasteiger partial charge in [-0.15, -0.1) is 0 Å². The lowest BCUT2D eigenvalue weighted by molar-refractivity contribution is -0.118. The van der Waals surface area contributed by atoms with Crippen molar-refractivity contribution in [3.8, 4) is 0 Å². The van der Waals surface area contributed by atoms with E-state index in [1.54, 1.807) is 6.92 Å². The zero-order chi connectivity index (χ0) is 12.5. The summed E-state index contributed by atoms with van der Waals surface area (Å²) in [6.07, 6.45) is 3.08. The first-order valence-electron chi connectivity index (χ1n) is 6.38. The van der Waals surface area contributed by atoms with Crippen LogP contribution in [-0.2, 0) is 4.79 Å². The molecule has 1 saturated heterocycles. The number of anilines is 1. The lowest BCUT2D eigenvalue weighted by atomic mass is 10.00. The van der Waals surface area contributed by atoms with Gasteiger partial charge in [0.2, 0.25) is 0 Å². The van der Waals surface area contributed by atoms with Gasteiger partial charge in [0.05, 0.1) is 6.04 Å². The molecule has 1 aromatic heterocycles. The van der Waals surface area contributed by atoms with Crippen LogP contribution in [0.4, 0.5) is 6.01 Å². The molecule has 4 nitrogen and oxygen atoms in total. The predicted molar refractivity (Wildman–Crippen MR) is 69.7 cm³/mol. The number of benzene rings is 1. The van der Waals surface area contributed by atoms with Gasteiger partial charge in [-0.1, -0.05) is 12.1 Å². The van der Waals surface area contributed by atoms with Gasteiger partial charge in [0.15, 0.2) is 11.4 Å². The fraction of sp³-hybridized carbons (Fsp3) is 0.429. The van der Waals surface area contributed by atoms with E-state index in [4.69, 9.17) is 4.42 Å². The van der Waals surface area contributed by atoms with Gasteiger partial charge in [-0.2, -0.15) is 4.98 Å². The molecule has 1 unspecified atom stereocenters. The van der Waals surface area contributed by atoms with Crippen LogP contribution in [0.3, 0.4) is 0 Å². The largest absolute Gasteiger partial charge is 0.423 e.